The highest BCUT2D eigenvalue weighted by Crippen LogP contribution is 1.85. The fourth-order valence-corrected chi connectivity index (χ4v) is 0.818. The van der Waals surface area contributed by atoms with E-state index in [0.717, 1.165) is 13.0 Å². The van der Waals surface area contributed by atoms with Crippen LogP contribution in [0.3, 0.4) is 0 Å². The van der Waals surface area contributed by atoms with Crippen LogP contribution in [0.4, 0.5) is 0 Å². The lowest BCUT2D eigenvalue weighted by Gasteiger charge is -2.05. The lowest BCUT2D eigenvalue weighted by Crippen LogP contribution is -2.13. The van der Waals surface area contributed by atoms with Crippen molar-refractivity contribution in [2.75, 3.05) is 38.8 Å². The first-order valence-electron chi connectivity index (χ1n) is 4.73. The van der Waals surface area contributed by atoms with E-state index in [4.69, 9.17) is 14.2 Å². The van der Waals surface area contributed by atoms with Gasteiger partial charge >= 0.3 is 5.97 Å². The minimum atomic E-state index is -0.320. The number of thiol groups is 1. The van der Waals surface area contributed by atoms with Crippen LogP contribution in [0.5, 0.6) is 0 Å². The van der Waals surface area contributed by atoms with Gasteiger partial charge in [0.05, 0.1) is 25.6 Å². The summed E-state index contributed by atoms with van der Waals surface area (Å²) < 4.78 is 15.1. The van der Waals surface area contributed by atoms with E-state index in [2.05, 4.69) is 19.6 Å². The molecular formula is C9H18O4S. The molecule has 0 aliphatic carbocycles. The first-order chi connectivity index (χ1) is 6.81. The van der Waals surface area contributed by atoms with Crippen molar-refractivity contribution in [3.05, 3.63) is 0 Å². The molecule has 0 atom stereocenters. The van der Waals surface area contributed by atoms with Crippen molar-refractivity contribution in [2.45, 2.75) is 13.3 Å². The van der Waals surface area contributed by atoms with Crippen molar-refractivity contribution in [3.8, 4) is 0 Å². The molecule has 0 rings (SSSR count). The molecule has 0 aliphatic rings. The van der Waals surface area contributed by atoms with Gasteiger partial charge in [0.2, 0.25) is 0 Å². The predicted octanol–water partition coefficient (Wildman–Crippen LogP) is 0.903. The minimum absolute atomic E-state index is 0.111. The molecule has 0 N–H and O–H groups in total. The Morgan fingerprint density at radius 3 is 2.21 bits per heavy atom. The van der Waals surface area contributed by atoms with Gasteiger partial charge < -0.3 is 14.2 Å². The third kappa shape index (κ3) is 9.83. The van der Waals surface area contributed by atoms with Crippen LogP contribution in [0.15, 0.2) is 0 Å². The molecule has 0 bridgehead atoms. The number of rotatable bonds is 9. The van der Waals surface area contributed by atoms with Crippen molar-refractivity contribution >= 4 is 18.6 Å². The molecule has 5 heteroatoms. The van der Waals surface area contributed by atoms with E-state index >= 15 is 0 Å². The van der Waals surface area contributed by atoms with Gasteiger partial charge in [-0.3, -0.25) is 4.79 Å². The lowest BCUT2D eigenvalue weighted by molar-refractivity contribution is -0.142. The average molecular weight is 222 g/mol. The van der Waals surface area contributed by atoms with Gasteiger partial charge in [-0.1, -0.05) is 6.92 Å². The molecule has 0 spiro atoms. The van der Waals surface area contributed by atoms with E-state index in [9.17, 15) is 4.79 Å². The Labute approximate surface area is 90.3 Å². The maximum atomic E-state index is 10.6. The van der Waals surface area contributed by atoms with E-state index in [1.165, 1.54) is 0 Å². The predicted molar refractivity (Wildman–Crippen MR) is 56.7 cm³/mol. The fourth-order valence-electron chi connectivity index (χ4n) is 0.726. The first-order valence-corrected chi connectivity index (χ1v) is 5.36. The van der Waals surface area contributed by atoms with E-state index in [1.54, 1.807) is 0 Å². The van der Waals surface area contributed by atoms with Crippen LogP contribution in [0.25, 0.3) is 0 Å². The van der Waals surface area contributed by atoms with Crippen LogP contribution >= 0.6 is 12.6 Å². The zero-order valence-corrected chi connectivity index (χ0v) is 9.42. The van der Waals surface area contributed by atoms with Gasteiger partial charge in [0, 0.05) is 6.61 Å². The topological polar surface area (TPSA) is 44.8 Å². The maximum absolute atomic E-state index is 10.6. The minimum Gasteiger partial charge on any atom is -0.463 e. The zero-order valence-electron chi connectivity index (χ0n) is 8.53. The lowest BCUT2D eigenvalue weighted by atomic mass is 10.5. The van der Waals surface area contributed by atoms with E-state index in [-0.39, 0.29) is 18.3 Å². The second kappa shape index (κ2) is 10.8. The molecule has 0 aromatic rings. The Balaban J connectivity index is 2.95. The second-order valence-electron chi connectivity index (χ2n) is 2.60. The van der Waals surface area contributed by atoms with Gasteiger partial charge in [0.1, 0.15) is 6.61 Å². The highest BCUT2D eigenvalue weighted by Gasteiger charge is 1.97. The smallest absolute Gasteiger partial charge is 0.315 e. The summed E-state index contributed by atoms with van der Waals surface area (Å²) in [6.45, 7) is 4.64. The molecule has 84 valence electrons. The Morgan fingerprint density at radius 2 is 1.64 bits per heavy atom. The number of hydrogen-bond acceptors (Lipinski definition) is 5. The highest BCUT2D eigenvalue weighted by atomic mass is 32.1. The first kappa shape index (κ1) is 13.7. The number of esters is 1. The molecule has 0 aromatic heterocycles. The molecule has 0 aliphatic heterocycles. The molecule has 0 saturated heterocycles. The molecule has 0 heterocycles. The molecule has 14 heavy (non-hydrogen) atoms. The average Bonchev–Trinajstić information content (AvgIpc) is 2.21. The zero-order chi connectivity index (χ0) is 10.6. The summed E-state index contributed by atoms with van der Waals surface area (Å²) in [6.07, 6.45) is 1.01. The van der Waals surface area contributed by atoms with Gasteiger partial charge in [-0.05, 0) is 6.42 Å². The Hall–Kier alpha value is -0.260. The number of ether oxygens (including phenoxy) is 3. The van der Waals surface area contributed by atoms with Crippen LogP contribution < -0.4 is 0 Å². The van der Waals surface area contributed by atoms with E-state index in [1.807, 2.05) is 0 Å². The van der Waals surface area contributed by atoms with Gasteiger partial charge in [0.15, 0.2) is 0 Å². The third-order valence-corrected chi connectivity index (χ3v) is 1.60. The van der Waals surface area contributed by atoms with Gasteiger partial charge in [0.25, 0.3) is 0 Å². The van der Waals surface area contributed by atoms with Crippen molar-refractivity contribution in [2.24, 2.45) is 0 Å². The molecule has 0 radical (unpaired) electrons. The van der Waals surface area contributed by atoms with Crippen LogP contribution in [0.2, 0.25) is 0 Å². The molecule has 0 fully saturated rings. The summed E-state index contributed by atoms with van der Waals surface area (Å²) in [7, 11) is 0. The van der Waals surface area contributed by atoms with Gasteiger partial charge in [-0.15, -0.1) is 0 Å². The third-order valence-electron chi connectivity index (χ3n) is 1.34. The second-order valence-corrected chi connectivity index (χ2v) is 2.92. The fraction of sp³-hybridized carbons (Fsp3) is 0.889. The quantitative estimate of drug-likeness (QED) is 0.358. The number of hydrogen-bond donors (Lipinski definition) is 1. The van der Waals surface area contributed by atoms with E-state index in [0.29, 0.717) is 19.8 Å². The summed E-state index contributed by atoms with van der Waals surface area (Å²) in [5.41, 5.74) is 0. The summed E-state index contributed by atoms with van der Waals surface area (Å²) in [5, 5.41) is 0. The molecule has 0 unspecified atom stereocenters. The largest absolute Gasteiger partial charge is 0.463 e. The molecular weight excluding hydrogens is 204 g/mol. The maximum Gasteiger partial charge on any atom is 0.315 e. The number of carbonyl (C=O) groups is 1. The van der Waals surface area contributed by atoms with Crippen LogP contribution in [-0.2, 0) is 19.0 Å². The van der Waals surface area contributed by atoms with Crippen molar-refractivity contribution in [1.29, 1.82) is 0 Å². The summed E-state index contributed by atoms with van der Waals surface area (Å²) in [5.74, 6) is -0.209. The van der Waals surface area contributed by atoms with Crippen LogP contribution in [0.1, 0.15) is 13.3 Å². The summed E-state index contributed by atoms with van der Waals surface area (Å²) in [4.78, 5) is 10.6. The molecule has 0 saturated carbocycles. The molecule has 0 amide bonds. The van der Waals surface area contributed by atoms with Gasteiger partial charge in [-0.2, -0.15) is 12.6 Å². The number of carbonyl (C=O) groups excluding carboxylic acids is 1. The van der Waals surface area contributed by atoms with Gasteiger partial charge in [-0.25, -0.2) is 0 Å². The van der Waals surface area contributed by atoms with Crippen LogP contribution in [0, 0.1) is 0 Å². The van der Waals surface area contributed by atoms with Crippen LogP contribution in [-0.4, -0.2) is 44.8 Å². The van der Waals surface area contributed by atoms with E-state index < -0.39 is 0 Å². The summed E-state index contributed by atoms with van der Waals surface area (Å²) in [6, 6.07) is 0. The van der Waals surface area contributed by atoms with Crippen molar-refractivity contribution in [3.63, 3.8) is 0 Å². The monoisotopic (exact) mass is 222 g/mol. The standard InChI is InChI=1S/C9H18O4S/c1-2-3-11-4-5-12-6-7-13-9(10)8-14/h14H,2-8H2,1H3. The molecule has 4 nitrogen and oxygen atoms in total. The highest BCUT2D eigenvalue weighted by molar-refractivity contribution is 7.81. The summed E-state index contributed by atoms with van der Waals surface area (Å²) >= 11 is 3.76. The van der Waals surface area contributed by atoms with Crippen molar-refractivity contribution in [1.82, 2.24) is 0 Å². The normalized spacial score (nSPS) is 10.1. The Bertz CT molecular complexity index is 141. The Morgan fingerprint density at radius 1 is 1.07 bits per heavy atom. The molecule has 0 aromatic carbocycles. The Kier molecular flexibility index (Phi) is 10.6. The SMILES string of the molecule is CCCOCCOCCOC(=O)CS. The van der Waals surface area contributed by atoms with Crippen molar-refractivity contribution < 1.29 is 19.0 Å².